The van der Waals surface area contributed by atoms with Crippen molar-refractivity contribution in [3.63, 3.8) is 0 Å². The molecule has 15 heavy (non-hydrogen) atoms. The van der Waals surface area contributed by atoms with Crippen LogP contribution >= 0.6 is 12.2 Å². The average Bonchev–Trinajstić information content (AvgIpc) is 2.13. The first-order valence-corrected chi connectivity index (χ1v) is 6.78. The molecule has 0 spiro atoms. The molecule has 0 aliphatic heterocycles. The Bertz CT molecular complexity index is 278. The Morgan fingerprint density at radius 2 is 2.13 bits per heavy atom. The fourth-order valence-corrected chi connectivity index (χ4v) is 2.20. The fraction of sp³-hybridized carbons (Fsp3) is 0.875. The van der Waals surface area contributed by atoms with Crippen LogP contribution in [0.1, 0.15) is 19.3 Å². The lowest BCUT2D eigenvalue weighted by atomic mass is 10.3. The van der Waals surface area contributed by atoms with E-state index in [0.717, 1.165) is 0 Å². The Labute approximate surface area is 96.4 Å². The maximum Gasteiger partial charge on any atom is 0.211 e. The van der Waals surface area contributed by atoms with Gasteiger partial charge in [0, 0.05) is 20.3 Å². The molecule has 0 atom stereocenters. The smallest absolute Gasteiger partial charge is 0.211 e. The van der Waals surface area contributed by atoms with Gasteiger partial charge < -0.3 is 10.5 Å². The van der Waals surface area contributed by atoms with Crippen molar-refractivity contribution in [2.24, 2.45) is 5.73 Å². The number of ether oxygens (including phenoxy) is 1. The number of methoxy groups -OCH3 is 1. The molecule has 90 valence electrons. The summed E-state index contributed by atoms with van der Waals surface area (Å²) < 4.78 is 29.9. The van der Waals surface area contributed by atoms with E-state index in [1.54, 1.807) is 7.11 Å². The molecule has 0 saturated heterocycles. The van der Waals surface area contributed by atoms with Gasteiger partial charge in [-0.15, -0.1) is 0 Å². The number of hydrogen-bond acceptors (Lipinski definition) is 4. The molecule has 3 N–H and O–H groups in total. The van der Waals surface area contributed by atoms with Crippen LogP contribution < -0.4 is 10.5 Å². The van der Waals surface area contributed by atoms with Gasteiger partial charge in [-0.1, -0.05) is 12.2 Å². The average molecular weight is 254 g/mol. The molecule has 0 heterocycles. The van der Waals surface area contributed by atoms with Gasteiger partial charge in [0.05, 0.1) is 10.7 Å². The first kappa shape index (κ1) is 14.8. The van der Waals surface area contributed by atoms with Crippen LogP contribution in [-0.4, -0.2) is 39.4 Å². The second-order valence-electron chi connectivity index (χ2n) is 3.13. The molecule has 0 bridgehead atoms. The van der Waals surface area contributed by atoms with Crippen molar-refractivity contribution in [2.75, 3.05) is 26.0 Å². The zero-order chi connectivity index (χ0) is 11.7. The lowest BCUT2D eigenvalue weighted by Crippen LogP contribution is -2.28. The summed E-state index contributed by atoms with van der Waals surface area (Å²) >= 11 is 4.67. The van der Waals surface area contributed by atoms with Gasteiger partial charge in [0.25, 0.3) is 0 Å². The van der Waals surface area contributed by atoms with Crippen molar-refractivity contribution in [3.05, 3.63) is 0 Å². The maximum absolute atomic E-state index is 11.3. The van der Waals surface area contributed by atoms with E-state index in [4.69, 9.17) is 10.5 Å². The predicted molar refractivity (Wildman–Crippen MR) is 64.3 cm³/mol. The topological polar surface area (TPSA) is 81.4 Å². The lowest BCUT2D eigenvalue weighted by Gasteiger charge is -2.05. The Hall–Kier alpha value is -0.240. The Kier molecular flexibility index (Phi) is 7.85. The molecule has 0 unspecified atom stereocenters. The van der Waals surface area contributed by atoms with Crippen molar-refractivity contribution < 1.29 is 13.2 Å². The molecule has 0 aromatic heterocycles. The summed E-state index contributed by atoms with van der Waals surface area (Å²) in [6.45, 7) is 0.834. The van der Waals surface area contributed by atoms with E-state index in [1.165, 1.54) is 0 Å². The number of hydrogen-bond donors (Lipinski definition) is 2. The SMILES string of the molecule is COCCCS(=O)(=O)NCCCC(N)=S. The van der Waals surface area contributed by atoms with E-state index < -0.39 is 10.0 Å². The Morgan fingerprint density at radius 1 is 1.47 bits per heavy atom. The molecule has 0 radical (unpaired) electrons. The highest BCUT2D eigenvalue weighted by atomic mass is 32.2. The summed E-state index contributed by atoms with van der Waals surface area (Å²) in [5.74, 6) is 0.0912. The number of nitrogens with two attached hydrogens (primary N) is 1. The van der Waals surface area contributed by atoms with Gasteiger partial charge in [0.15, 0.2) is 0 Å². The molecule has 0 amide bonds. The van der Waals surface area contributed by atoms with Crippen LogP contribution in [0.25, 0.3) is 0 Å². The first-order chi connectivity index (χ1) is 6.98. The van der Waals surface area contributed by atoms with Gasteiger partial charge in [-0.05, 0) is 19.3 Å². The monoisotopic (exact) mass is 254 g/mol. The highest BCUT2D eigenvalue weighted by Gasteiger charge is 2.08. The van der Waals surface area contributed by atoms with Crippen LogP contribution in [0.2, 0.25) is 0 Å². The van der Waals surface area contributed by atoms with Gasteiger partial charge in [-0.2, -0.15) is 0 Å². The minimum Gasteiger partial charge on any atom is -0.393 e. The summed E-state index contributed by atoms with van der Waals surface area (Å²) in [4.78, 5) is 0.411. The molecule has 0 aliphatic rings. The summed E-state index contributed by atoms with van der Waals surface area (Å²) in [5, 5.41) is 0. The van der Waals surface area contributed by atoms with E-state index in [-0.39, 0.29) is 5.75 Å². The van der Waals surface area contributed by atoms with Crippen LogP contribution in [-0.2, 0) is 14.8 Å². The van der Waals surface area contributed by atoms with E-state index in [2.05, 4.69) is 16.9 Å². The van der Waals surface area contributed by atoms with E-state index in [9.17, 15) is 8.42 Å². The highest BCUT2D eigenvalue weighted by Crippen LogP contribution is 1.92. The fourth-order valence-electron chi connectivity index (χ4n) is 0.956. The van der Waals surface area contributed by atoms with Crippen molar-refractivity contribution in [1.29, 1.82) is 0 Å². The third kappa shape index (κ3) is 10.1. The van der Waals surface area contributed by atoms with Gasteiger partial charge in [0.2, 0.25) is 10.0 Å². The molecule has 0 fully saturated rings. The molecular weight excluding hydrogens is 236 g/mol. The second-order valence-corrected chi connectivity index (χ2v) is 5.58. The van der Waals surface area contributed by atoms with Crippen molar-refractivity contribution >= 4 is 27.2 Å². The minimum atomic E-state index is -3.17. The largest absolute Gasteiger partial charge is 0.393 e. The summed E-state index contributed by atoms with van der Waals surface area (Å²) in [6.07, 6.45) is 1.70. The summed E-state index contributed by atoms with van der Waals surface area (Å²) in [7, 11) is -1.62. The van der Waals surface area contributed by atoms with Crippen molar-refractivity contribution in [3.8, 4) is 0 Å². The number of nitrogens with one attached hydrogen (secondary N) is 1. The molecule has 0 aromatic carbocycles. The maximum atomic E-state index is 11.3. The van der Waals surface area contributed by atoms with E-state index in [0.29, 0.717) is 37.4 Å². The number of thiocarbonyl (C=S) groups is 1. The van der Waals surface area contributed by atoms with Crippen LogP contribution in [0.5, 0.6) is 0 Å². The summed E-state index contributed by atoms with van der Waals surface area (Å²) in [5.41, 5.74) is 5.28. The van der Waals surface area contributed by atoms with Gasteiger partial charge in [-0.25, -0.2) is 13.1 Å². The molecule has 0 aliphatic carbocycles. The molecule has 5 nitrogen and oxygen atoms in total. The molecule has 0 aromatic rings. The highest BCUT2D eigenvalue weighted by molar-refractivity contribution is 7.89. The molecule has 0 saturated carbocycles. The second kappa shape index (κ2) is 7.98. The van der Waals surface area contributed by atoms with Crippen molar-refractivity contribution in [1.82, 2.24) is 4.72 Å². The minimum absolute atomic E-state index is 0.0912. The van der Waals surface area contributed by atoms with E-state index >= 15 is 0 Å². The molecule has 0 rings (SSSR count). The Balaban J connectivity index is 3.60. The van der Waals surface area contributed by atoms with Gasteiger partial charge in [0.1, 0.15) is 0 Å². The normalized spacial score (nSPS) is 11.5. The summed E-state index contributed by atoms with van der Waals surface area (Å²) in [6, 6.07) is 0. The standard InChI is InChI=1S/C8H18N2O3S2/c1-13-6-3-7-15(11,12)10-5-2-4-8(9)14/h10H,2-7H2,1H3,(H2,9,14). The third-order valence-corrected chi connectivity index (χ3v) is 3.36. The molecule has 7 heteroatoms. The van der Waals surface area contributed by atoms with Crippen LogP contribution in [0.15, 0.2) is 0 Å². The number of rotatable bonds is 9. The lowest BCUT2D eigenvalue weighted by molar-refractivity contribution is 0.199. The predicted octanol–water partition coefficient (Wildman–Crippen LogP) is 0.00860. The van der Waals surface area contributed by atoms with Crippen LogP contribution in [0.4, 0.5) is 0 Å². The van der Waals surface area contributed by atoms with Crippen LogP contribution in [0, 0.1) is 0 Å². The first-order valence-electron chi connectivity index (χ1n) is 4.72. The Morgan fingerprint density at radius 3 is 2.67 bits per heavy atom. The van der Waals surface area contributed by atoms with E-state index in [1.807, 2.05) is 0 Å². The zero-order valence-electron chi connectivity index (χ0n) is 8.86. The van der Waals surface area contributed by atoms with Gasteiger partial charge in [-0.3, -0.25) is 0 Å². The van der Waals surface area contributed by atoms with Crippen molar-refractivity contribution in [2.45, 2.75) is 19.3 Å². The van der Waals surface area contributed by atoms with Gasteiger partial charge >= 0.3 is 0 Å². The third-order valence-electron chi connectivity index (χ3n) is 1.68. The zero-order valence-corrected chi connectivity index (χ0v) is 10.5. The molecular formula is C8H18N2O3S2. The number of sulfonamides is 1. The quantitative estimate of drug-likeness (QED) is 0.447. The van der Waals surface area contributed by atoms with Crippen LogP contribution in [0.3, 0.4) is 0 Å².